The summed E-state index contributed by atoms with van der Waals surface area (Å²) in [5.41, 5.74) is 9.31. The molecule has 2 heterocycles. The number of rotatable bonds is 7. The number of benzene rings is 3. The molecular weight excluding hydrogens is 560 g/mol. The summed E-state index contributed by atoms with van der Waals surface area (Å²) in [5.74, 6) is 0.290. The second-order valence-electron chi connectivity index (χ2n) is 9.11. The van der Waals surface area contributed by atoms with E-state index >= 15 is 0 Å². The Morgan fingerprint density at radius 2 is 1.76 bits per heavy atom. The normalized spacial score (nSPS) is 15.4. The van der Waals surface area contributed by atoms with Gasteiger partial charge in [-0.2, -0.15) is 5.10 Å². The molecule has 4 aromatic rings. The fraction of sp³-hybridized carbons (Fsp3) is 0.167. The minimum atomic E-state index is -0.288. The second-order valence-corrected chi connectivity index (χ2v) is 11.0. The van der Waals surface area contributed by atoms with Gasteiger partial charge in [0.2, 0.25) is 5.91 Å². The van der Waals surface area contributed by atoms with Gasteiger partial charge in [0.05, 0.1) is 17.7 Å². The molecule has 0 radical (unpaired) electrons. The Hall–Kier alpha value is -3.62. The van der Waals surface area contributed by atoms with Crippen molar-refractivity contribution >= 4 is 45.7 Å². The zero-order valence-corrected chi connectivity index (χ0v) is 23.5. The molecule has 6 nitrogen and oxygen atoms in total. The number of halogens is 1. The van der Waals surface area contributed by atoms with E-state index in [2.05, 4.69) is 37.1 Å². The summed E-state index contributed by atoms with van der Waals surface area (Å²) in [6.45, 7) is 4.64. The van der Waals surface area contributed by atoms with Crippen LogP contribution in [0.15, 0.2) is 94.5 Å². The van der Waals surface area contributed by atoms with Crippen LogP contribution < -0.4 is 5.43 Å². The number of aryl methyl sites for hydroxylation is 1. The number of carbonyl (C=O) groups is 2. The lowest BCUT2D eigenvalue weighted by Gasteiger charge is -2.24. The van der Waals surface area contributed by atoms with Crippen LogP contribution in [0.3, 0.4) is 0 Å². The monoisotopic (exact) mass is 586 g/mol. The summed E-state index contributed by atoms with van der Waals surface area (Å²) in [7, 11) is 0. The van der Waals surface area contributed by atoms with Crippen molar-refractivity contribution in [1.82, 2.24) is 14.9 Å². The molecule has 1 aliphatic rings. The third-order valence-corrected chi connectivity index (χ3v) is 8.48. The van der Waals surface area contributed by atoms with Crippen LogP contribution in [0.4, 0.5) is 0 Å². The highest BCUT2D eigenvalue weighted by molar-refractivity contribution is 9.10. The number of amides is 2. The summed E-state index contributed by atoms with van der Waals surface area (Å²) in [4.78, 5) is 27.2. The van der Waals surface area contributed by atoms with E-state index in [1.165, 1.54) is 0 Å². The maximum absolute atomic E-state index is 12.7. The first kappa shape index (κ1) is 26.0. The van der Waals surface area contributed by atoms with Gasteiger partial charge >= 0.3 is 0 Å². The van der Waals surface area contributed by atoms with Gasteiger partial charge in [0, 0.05) is 33.5 Å². The minimum Gasteiger partial charge on any atom is -0.322 e. The van der Waals surface area contributed by atoms with Gasteiger partial charge in [-0.15, -0.1) is 11.8 Å². The largest absolute Gasteiger partial charge is 0.322 e. The number of nitrogens with one attached hydrogen (secondary N) is 1. The zero-order valence-electron chi connectivity index (χ0n) is 21.1. The van der Waals surface area contributed by atoms with E-state index in [0.717, 1.165) is 38.2 Å². The summed E-state index contributed by atoms with van der Waals surface area (Å²) in [6.07, 6.45) is 1.67. The van der Waals surface area contributed by atoms with Crippen molar-refractivity contribution in [2.24, 2.45) is 5.10 Å². The quantitative estimate of drug-likeness (QED) is 0.201. The van der Waals surface area contributed by atoms with E-state index in [0.29, 0.717) is 17.9 Å². The molecule has 0 spiro atoms. The van der Waals surface area contributed by atoms with Gasteiger partial charge < -0.3 is 9.47 Å². The molecule has 0 aliphatic carbocycles. The van der Waals surface area contributed by atoms with E-state index in [1.807, 2.05) is 85.5 Å². The zero-order chi connectivity index (χ0) is 26.6. The first-order chi connectivity index (χ1) is 18.4. The molecule has 1 atom stereocenters. The lowest BCUT2D eigenvalue weighted by atomic mass is 10.1. The van der Waals surface area contributed by atoms with Crippen LogP contribution in [0, 0.1) is 13.8 Å². The highest BCUT2D eigenvalue weighted by Gasteiger charge is 2.32. The highest BCUT2D eigenvalue weighted by atomic mass is 79.9. The fourth-order valence-corrected chi connectivity index (χ4v) is 6.28. The highest BCUT2D eigenvalue weighted by Crippen LogP contribution is 2.39. The Bertz CT molecular complexity index is 1500. The van der Waals surface area contributed by atoms with Crippen LogP contribution in [-0.2, 0) is 11.3 Å². The Kier molecular flexibility index (Phi) is 7.81. The van der Waals surface area contributed by atoms with Crippen molar-refractivity contribution in [2.45, 2.75) is 25.8 Å². The maximum atomic E-state index is 12.7. The van der Waals surface area contributed by atoms with E-state index in [-0.39, 0.29) is 17.2 Å². The van der Waals surface area contributed by atoms with Crippen LogP contribution in [0.25, 0.3) is 5.69 Å². The summed E-state index contributed by atoms with van der Waals surface area (Å²) in [5, 5.41) is 4.14. The Labute approximate surface area is 234 Å². The molecule has 0 unspecified atom stereocenters. The van der Waals surface area contributed by atoms with Gasteiger partial charge in [0.25, 0.3) is 5.91 Å². The van der Waals surface area contributed by atoms with E-state index < -0.39 is 0 Å². The Morgan fingerprint density at radius 3 is 2.50 bits per heavy atom. The van der Waals surface area contributed by atoms with Crippen molar-refractivity contribution < 1.29 is 9.59 Å². The molecular formula is C30H27BrN4O2S. The number of thioether (sulfide) groups is 1. The fourth-order valence-electron chi connectivity index (χ4n) is 4.63. The second kappa shape index (κ2) is 11.4. The lowest BCUT2D eigenvalue weighted by Crippen LogP contribution is -2.27. The summed E-state index contributed by atoms with van der Waals surface area (Å²) in [6, 6.07) is 27.5. The van der Waals surface area contributed by atoms with E-state index in [4.69, 9.17) is 0 Å². The van der Waals surface area contributed by atoms with E-state index in [1.54, 1.807) is 30.1 Å². The van der Waals surface area contributed by atoms with Crippen LogP contribution >= 0.6 is 27.7 Å². The van der Waals surface area contributed by atoms with Crippen molar-refractivity contribution in [3.8, 4) is 5.69 Å². The van der Waals surface area contributed by atoms with Crippen LogP contribution in [0.1, 0.15) is 43.8 Å². The van der Waals surface area contributed by atoms with Gasteiger partial charge in [-0.1, -0.05) is 54.6 Å². The molecule has 2 amide bonds. The third kappa shape index (κ3) is 5.47. The first-order valence-electron chi connectivity index (χ1n) is 12.2. The molecule has 1 aromatic heterocycles. The molecule has 5 rings (SSSR count). The van der Waals surface area contributed by atoms with Crippen molar-refractivity contribution in [3.05, 3.63) is 123 Å². The molecule has 192 valence electrons. The lowest BCUT2D eigenvalue weighted by molar-refractivity contribution is -0.128. The number of hydrazone groups is 1. The predicted octanol–water partition coefficient (Wildman–Crippen LogP) is 6.39. The average molecular weight is 588 g/mol. The average Bonchev–Trinajstić information content (AvgIpc) is 3.43. The maximum Gasteiger partial charge on any atom is 0.271 e. The van der Waals surface area contributed by atoms with Crippen molar-refractivity contribution in [2.75, 3.05) is 5.75 Å². The van der Waals surface area contributed by atoms with Crippen LogP contribution in [-0.4, -0.2) is 33.2 Å². The molecule has 1 N–H and O–H groups in total. The minimum absolute atomic E-state index is 0.0715. The number of hydrogen-bond donors (Lipinski definition) is 1. The number of aromatic nitrogens is 1. The number of nitrogens with zero attached hydrogens (tertiary/aromatic N) is 3. The topological polar surface area (TPSA) is 66.7 Å². The molecule has 1 saturated heterocycles. The number of hydrogen-bond acceptors (Lipinski definition) is 4. The SMILES string of the molecule is Cc1cc(/C=N\NC(=O)c2ccc([C@H]3SCC(=O)N3Cc3ccccc3)cc2)c(C)n1-c1ccccc1Br. The third-order valence-electron chi connectivity index (χ3n) is 6.56. The number of para-hydroxylation sites is 1. The molecule has 1 aliphatic heterocycles. The molecule has 0 saturated carbocycles. The van der Waals surface area contributed by atoms with Gasteiger partial charge in [0.15, 0.2) is 0 Å². The van der Waals surface area contributed by atoms with Gasteiger partial charge in [-0.25, -0.2) is 5.43 Å². The summed E-state index contributed by atoms with van der Waals surface area (Å²) >= 11 is 5.23. The molecule has 38 heavy (non-hydrogen) atoms. The molecule has 3 aromatic carbocycles. The Balaban J connectivity index is 1.25. The van der Waals surface area contributed by atoms with Crippen molar-refractivity contribution in [3.63, 3.8) is 0 Å². The van der Waals surface area contributed by atoms with Crippen molar-refractivity contribution in [1.29, 1.82) is 0 Å². The molecule has 0 bridgehead atoms. The van der Waals surface area contributed by atoms with Crippen LogP contribution in [0.5, 0.6) is 0 Å². The van der Waals surface area contributed by atoms with Gasteiger partial charge in [0.1, 0.15) is 5.37 Å². The van der Waals surface area contributed by atoms with Gasteiger partial charge in [-0.3, -0.25) is 9.59 Å². The smallest absolute Gasteiger partial charge is 0.271 e. The Morgan fingerprint density at radius 1 is 1.05 bits per heavy atom. The first-order valence-corrected chi connectivity index (χ1v) is 14.1. The molecule has 1 fully saturated rings. The number of carbonyl (C=O) groups excluding carboxylic acids is 2. The van der Waals surface area contributed by atoms with Crippen LogP contribution in [0.2, 0.25) is 0 Å². The molecule has 8 heteroatoms. The van der Waals surface area contributed by atoms with E-state index in [9.17, 15) is 9.59 Å². The standard InChI is InChI=1S/C30H27BrN4O2S/c1-20-16-25(21(2)35(20)27-11-7-6-10-26(27)31)17-32-33-29(37)23-12-14-24(15-13-23)30-34(28(36)19-38-30)18-22-8-4-3-5-9-22/h3-17,30H,18-19H2,1-2H3,(H,33,37)/b32-17-/t30-/m1/s1. The van der Waals surface area contributed by atoms with Gasteiger partial charge in [-0.05, 0) is 71.2 Å². The predicted molar refractivity (Wildman–Crippen MR) is 157 cm³/mol. The summed E-state index contributed by atoms with van der Waals surface area (Å²) < 4.78 is 3.16.